The third-order valence-corrected chi connectivity index (χ3v) is 3.41. The molecule has 0 N–H and O–H groups in total. The Hall–Kier alpha value is -1.25. The summed E-state index contributed by atoms with van der Waals surface area (Å²) in [5, 5.41) is 0.615. The first-order chi connectivity index (χ1) is 9.11. The lowest BCUT2D eigenvalue weighted by Crippen LogP contribution is -2.01. The Morgan fingerprint density at radius 2 is 1.95 bits per heavy atom. The number of benzene rings is 2. The van der Waals surface area contributed by atoms with Crippen LogP contribution >= 0.6 is 23.2 Å². The predicted octanol–water partition coefficient (Wildman–Crippen LogP) is 5.11. The third-order valence-electron chi connectivity index (χ3n) is 2.77. The number of halogens is 3. The molecule has 0 bridgehead atoms. The van der Waals surface area contributed by atoms with Gasteiger partial charge in [-0.3, -0.25) is 0 Å². The molecule has 0 saturated heterocycles. The Morgan fingerprint density at radius 1 is 1.16 bits per heavy atom. The summed E-state index contributed by atoms with van der Waals surface area (Å²) < 4.78 is 19.2. The van der Waals surface area contributed by atoms with Crippen LogP contribution in [0.2, 0.25) is 5.02 Å². The zero-order valence-corrected chi connectivity index (χ0v) is 11.9. The number of alkyl halides is 1. The fourth-order valence-corrected chi connectivity index (χ4v) is 2.24. The molecule has 0 atom stereocenters. The number of hydrogen-bond donors (Lipinski definition) is 0. The highest BCUT2D eigenvalue weighted by atomic mass is 35.5. The lowest BCUT2D eigenvalue weighted by molar-refractivity contribution is 0.288. The van der Waals surface area contributed by atoms with E-state index in [-0.39, 0.29) is 18.2 Å². The first-order valence-electron chi connectivity index (χ1n) is 5.83. The van der Waals surface area contributed by atoms with Crippen molar-refractivity contribution in [1.82, 2.24) is 0 Å². The summed E-state index contributed by atoms with van der Waals surface area (Å²) in [6.07, 6.45) is 0. The van der Waals surface area contributed by atoms with Gasteiger partial charge < -0.3 is 4.74 Å². The van der Waals surface area contributed by atoms with Crippen molar-refractivity contribution in [1.29, 1.82) is 0 Å². The largest absolute Gasteiger partial charge is 0.485 e. The van der Waals surface area contributed by atoms with Gasteiger partial charge >= 0.3 is 0 Å². The molecule has 0 radical (unpaired) electrons. The smallest absolute Gasteiger partial charge is 0.165 e. The van der Waals surface area contributed by atoms with E-state index in [1.165, 1.54) is 6.07 Å². The second-order valence-electron chi connectivity index (χ2n) is 4.25. The van der Waals surface area contributed by atoms with Crippen LogP contribution in [0.25, 0.3) is 0 Å². The summed E-state index contributed by atoms with van der Waals surface area (Å²) >= 11 is 11.9. The fourth-order valence-electron chi connectivity index (χ4n) is 1.74. The van der Waals surface area contributed by atoms with Crippen LogP contribution in [0.15, 0.2) is 36.4 Å². The molecule has 0 aliphatic heterocycles. The predicted molar refractivity (Wildman–Crippen MR) is 76.5 cm³/mol. The summed E-state index contributed by atoms with van der Waals surface area (Å²) in [6.45, 7) is 2.17. The molecule has 2 aromatic carbocycles. The second-order valence-corrected chi connectivity index (χ2v) is 4.92. The van der Waals surface area contributed by atoms with Crippen LogP contribution in [0.1, 0.15) is 16.7 Å². The number of ether oxygens (including phenoxy) is 1. The average molecular weight is 299 g/mol. The quantitative estimate of drug-likeness (QED) is 0.713. The van der Waals surface area contributed by atoms with Crippen LogP contribution < -0.4 is 4.74 Å². The summed E-state index contributed by atoms with van der Waals surface area (Å²) in [5.74, 6) is -0.0233. The van der Waals surface area contributed by atoms with Crippen molar-refractivity contribution in [3.05, 3.63) is 63.9 Å². The lowest BCUT2D eigenvalue weighted by atomic mass is 10.1. The lowest BCUT2D eigenvalue weighted by Gasteiger charge is -2.12. The van der Waals surface area contributed by atoms with Crippen molar-refractivity contribution in [3.63, 3.8) is 0 Å². The minimum Gasteiger partial charge on any atom is -0.485 e. The maximum absolute atomic E-state index is 13.7. The molecular weight excluding hydrogens is 286 g/mol. The van der Waals surface area contributed by atoms with Crippen LogP contribution in [0, 0.1) is 12.7 Å². The van der Waals surface area contributed by atoms with Gasteiger partial charge in [-0.15, -0.1) is 11.6 Å². The van der Waals surface area contributed by atoms with Crippen molar-refractivity contribution in [2.75, 3.05) is 0 Å². The van der Waals surface area contributed by atoms with Gasteiger partial charge in [-0.2, -0.15) is 0 Å². The van der Waals surface area contributed by atoms with Crippen LogP contribution in [-0.4, -0.2) is 0 Å². The van der Waals surface area contributed by atoms with E-state index in [1.807, 2.05) is 25.1 Å². The molecule has 0 saturated carbocycles. The highest BCUT2D eigenvalue weighted by Crippen LogP contribution is 2.26. The molecule has 0 unspecified atom stereocenters. The minimum absolute atomic E-state index is 0.189. The summed E-state index contributed by atoms with van der Waals surface area (Å²) in [7, 11) is 0. The molecule has 0 spiro atoms. The molecule has 4 heteroatoms. The topological polar surface area (TPSA) is 9.23 Å². The number of para-hydroxylation sites is 1. The summed E-state index contributed by atoms with van der Waals surface area (Å²) in [4.78, 5) is 0. The molecule has 0 aromatic heterocycles. The first kappa shape index (κ1) is 14.2. The Kier molecular flexibility index (Phi) is 4.67. The molecular formula is C15H13Cl2FO. The van der Waals surface area contributed by atoms with Gasteiger partial charge in [0.25, 0.3) is 0 Å². The van der Waals surface area contributed by atoms with Crippen molar-refractivity contribution in [3.8, 4) is 5.75 Å². The monoisotopic (exact) mass is 298 g/mol. The van der Waals surface area contributed by atoms with Crippen LogP contribution in [0.4, 0.5) is 4.39 Å². The van der Waals surface area contributed by atoms with E-state index in [4.69, 9.17) is 27.9 Å². The summed E-state index contributed by atoms with van der Waals surface area (Å²) in [6, 6.07) is 10.4. The van der Waals surface area contributed by atoms with E-state index < -0.39 is 5.82 Å². The van der Waals surface area contributed by atoms with E-state index in [0.717, 1.165) is 11.1 Å². The molecule has 2 aromatic rings. The van der Waals surface area contributed by atoms with Crippen molar-refractivity contribution < 1.29 is 9.13 Å². The van der Waals surface area contributed by atoms with Crippen molar-refractivity contribution in [2.24, 2.45) is 0 Å². The zero-order valence-electron chi connectivity index (χ0n) is 10.4. The van der Waals surface area contributed by atoms with Crippen LogP contribution in [-0.2, 0) is 12.5 Å². The highest BCUT2D eigenvalue weighted by Gasteiger charge is 2.10. The van der Waals surface area contributed by atoms with E-state index in [1.54, 1.807) is 12.1 Å². The Morgan fingerprint density at radius 3 is 2.63 bits per heavy atom. The van der Waals surface area contributed by atoms with Crippen LogP contribution in [0.5, 0.6) is 5.75 Å². The molecule has 19 heavy (non-hydrogen) atoms. The van der Waals surface area contributed by atoms with Gasteiger partial charge in [0.15, 0.2) is 11.6 Å². The Labute approximate surface area is 121 Å². The number of aryl methyl sites for hydroxylation is 1. The molecule has 0 aliphatic carbocycles. The fraction of sp³-hybridized carbons (Fsp3) is 0.200. The molecule has 0 fully saturated rings. The summed E-state index contributed by atoms with van der Waals surface area (Å²) in [5.41, 5.74) is 2.52. The molecule has 0 amide bonds. The van der Waals surface area contributed by atoms with Gasteiger partial charge in [-0.25, -0.2) is 4.39 Å². The Bertz CT molecular complexity index is 584. The van der Waals surface area contributed by atoms with Gasteiger partial charge in [-0.05, 0) is 24.6 Å². The number of rotatable bonds is 4. The molecule has 1 nitrogen and oxygen atoms in total. The Balaban J connectivity index is 2.19. The maximum Gasteiger partial charge on any atom is 0.165 e. The van der Waals surface area contributed by atoms with Crippen LogP contribution in [0.3, 0.4) is 0 Å². The average Bonchev–Trinajstić information content (AvgIpc) is 2.39. The highest BCUT2D eigenvalue weighted by molar-refractivity contribution is 6.31. The van der Waals surface area contributed by atoms with Gasteiger partial charge in [-0.1, -0.05) is 35.9 Å². The third kappa shape index (κ3) is 3.40. The normalized spacial score (nSPS) is 10.5. The molecule has 100 valence electrons. The van der Waals surface area contributed by atoms with Gasteiger partial charge in [0.2, 0.25) is 0 Å². The van der Waals surface area contributed by atoms with Gasteiger partial charge in [0.05, 0.1) is 5.88 Å². The first-order valence-corrected chi connectivity index (χ1v) is 6.74. The van der Waals surface area contributed by atoms with Gasteiger partial charge in [0.1, 0.15) is 6.61 Å². The SMILES string of the molecule is Cc1ccc(COc2c(F)cccc2CCl)c(Cl)c1. The van der Waals surface area contributed by atoms with E-state index in [0.29, 0.717) is 10.6 Å². The molecule has 0 heterocycles. The standard InChI is InChI=1S/C15H13Cl2FO/c1-10-5-6-12(13(17)7-10)9-19-15-11(8-16)3-2-4-14(15)18/h2-7H,8-9H2,1H3. The zero-order chi connectivity index (χ0) is 13.8. The van der Waals surface area contributed by atoms with Gasteiger partial charge in [0, 0.05) is 16.1 Å². The number of hydrogen-bond acceptors (Lipinski definition) is 1. The van der Waals surface area contributed by atoms with Crippen molar-refractivity contribution >= 4 is 23.2 Å². The molecule has 0 aliphatic rings. The molecule has 2 rings (SSSR count). The second kappa shape index (κ2) is 6.27. The van der Waals surface area contributed by atoms with E-state index in [2.05, 4.69) is 0 Å². The van der Waals surface area contributed by atoms with E-state index >= 15 is 0 Å². The maximum atomic E-state index is 13.7. The minimum atomic E-state index is -0.415. The van der Waals surface area contributed by atoms with E-state index in [9.17, 15) is 4.39 Å². The van der Waals surface area contributed by atoms with Crippen molar-refractivity contribution in [2.45, 2.75) is 19.4 Å².